The number of nitrogens with zero attached hydrogens (tertiary/aromatic N) is 3. The van der Waals surface area contributed by atoms with E-state index in [1.807, 2.05) is 30.3 Å². The van der Waals surface area contributed by atoms with E-state index in [9.17, 15) is 18.0 Å². The quantitative estimate of drug-likeness (QED) is 0.554. The van der Waals surface area contributed by atoms with Crippen molar-refractivity contribution < 1.29 is 18.0 Å². The predicted molar refractivity (Wildman–Crippen MR) is 97.7 cm³/mol. The Labute approximate surface area is 157 Å². The second-order valence-electron chi connectivity index (χ2n) is 6.14. The molecule has 2 aromatic heterocycles. The highest BCUT2D eigenvalue weighted by Crippen LogP contribution is 2.35. The summed E-state index contributed by atoms with van der Waals surface area (Å²) < 4.78 is 41.0. The average molecular weight is 385 g/mol. The van der Waals surface area contributed by atoms with Crippen LogP contribution in [-0.4, -0.2) is 25.7 Å². The molecule has 0 unspecified atom stereocenters. The van der Waals surface area contributed by atoms with E-state index in [0.29, 0.717) is 5.82 Å². The molecule has 0 atom stereocenters. The number of carbonyl (C=O) groups is 1. The van der Waals surface area contributed by atoms with E-state index < -0.39 is 17.6 Å². The zero-order chi connectivity index (χ0) is 19.9. The van der Waals surface area contributed by atoms with Gasteiger partial charge in [-0.05, 0) is 12.1 Å². The number of halogens is 3. The number of aromatic amines is 1. The van der Waals surface area contributed by atoms with Gasteiger partial charge in [0.2, 0.25) is 0 Å². The van der Waals surface area contributed by atoms with E-state index in [1.54, 1.807) is 11.6 Å². The molecule has 0 aliphatic carbocycles. The van der Waals surface area contributed by atoms with Gasteiger partial charge in [0.1, 0.15) is 11.5 Å². The number of alkyl halides is 3. The molecule has 0 radical (unpaired) electrons. The van der Waals surface area contributed by atoms with Crippen LogP contribution in [0.4, 0.5) is 19.0 Å². The summed E-state index contributed by atoms with van der Waals surface area (Å²) in [5.41, 5.74) is 0.0660. The first kappa shape index (κ1) is 17.8. The van der Waals surface area contributed by atoms with Gasteiger partial charge in [-0.15, -0.1) is 0 Å². The number of carbonyl (C=O) groups excluding carboxylic acids is 1. The molecular weight excluding hydrogens is 371 g/mol. The highest BCUT2D eigenvalue weighted by Gasteiger charge is 2.33. The number of hydrogen-bond acceptors (Lipinski definition) is 3. The Morgan fingerprint density at radius 1 is 1.11 bits per heavy atom. The lowest BCUT2D eigenvalue weighted by Crippen LogP contribution is -2.16. The fourth-order valence-corrected chi connectivity index (χ4v) is 3.02. The number of amides is 1. The second kappa shape index (κ2) is 6.52. The highest BCUT2D eigenvalue weighted by atomic mass is 19.4. The van der Waals surface area contributed by atoms with Gasteiger partial charge in [0.25, 0.3) is 5.91 Å². The van der Waals surface area contributed by atoms with Crippen LogP contribution in [0.5, 0.6) is 0 Å². The van der Waals surface area contributed by atoms with Crippen molar-refractivity contribution in [3.05, 3.63) is 66.0 Å². The summed E-state index contributed by atoms with van der Waals surface area (Å²) in [4.78, 5) is 16.9. The van der Waals surface area contributed by atoms with Gasteiger partial charge in [0.15, 0.2) is 5.82 Å². The van der Waals surface area contributed by atoms with Gasteiger partial charge in [0.05, 0.1) is 17.3 Å². The van der Waals surface area contributed by atoms with Gasteiger partial charge in [-0.1, -0.05) is 36.4 Å². The maximum absolute atomic E-state index is 13.1. The summed E-state index contributed by atoms with van der Waals surface area (Å²) in [6, 6.07) is 13.0. The number of anilines is 1. The van der Waals surface area contributed by atoms with Crippen molar-refractivity contribution in [1.29, 1.82) is 0 Å². The largest absolute Gasteiger partial charge is 0.418 e. The van der Waals surface area contributed by atoms with Gasteiger partial charge >= 0.3 is 6.18 Å². The molecule has 2 N–H and O–H groups in total. The summed E-state index contributed by atoms with van der Waals surface area (Å²) in [6.07, 6.45) is -3.12. The Bertz CT molecular complexity index is 1160. The number of H-pyrrole nitrogens is 1. The fourth-order valence-electron chi connectivity index (χ4n) is 3.02. The number of rotatable bonds is 3. The van der Waals surface area contributed by atoms with Crippen LogP contribution >= 0.6 is 0 Å². The number of benzene rings is 2. The van der Waals surface area contributed by atoms with Crippen molar-refractivity contribution in [3.63, 3.8) is 0 Å². The summed E-state index contributed by atoms with van der Waals surface area (Å²) in [5, 5.41) is 8.93. The zero-order valence-electron chi connectivity index (χ0n) is 14.6. The van der Waals surface area contributed by atoms with Crippen molar-refractivity contribution in [3.8, 4) is 11.4 Å². The molecule has 0 saturated carbocycles. The van der Waals surface area contributed by atoms with Crippen molar-refractivity contribution in [2.24, 2.45) is 7.05 Å². The Hall–Kier alpha value is -3.62. The van der Waals surface area contributed by atoms with Gasteiger partial charge in [-0.3, -0.25) is 9.89 Å². The van der Waals surface area contributed by atoms with E-state index in [0.717, 1.165) is 11.6 Å². The molecule has 4 aromatic rings. The van der Waals surface area contributed by atoms with Crippen LogP contribution < -0.4 is 5.32 Å². The molecule has 9 heteroatoms. The SMILES string of the molecule is Cn1c(C(=O)Nc2n[nH]c3c(C(F)(F)F)cccc23)cnc1-c1ccccc1. The molecular formula is C19H14F3N5O. The molecule has 2 aromatic carbocycles. The van der Waals surface area contributed by atoms with Crippen LogP contribution in [0, 0.1) is 0 Å². The van der Waals surface area contributed by atoms with Gasteiger partial charge in [-0.2, -0.15) is 18.3 Å². The Kier molecular flexibility index (Phi) is 4.14. The lowest BCUT2D eigenvalue weighted by molar-refractivity contribution is -0.136. The maximum atomic E-state index is 13.1. The molecule has 0 fully saturated rings. The summed E-state index contributed by atoms with van der Waals surface area (Å²) >= 11 is 0. The third-order valence-corrected chi connectivity index (χ3v) is 4.39. The third-order valence-electron chi connectivity index (χ3n) is 4.39. The molecule has 0 aliphatic heterocycles. The fraction of sp³-hybridized carbons (Fsp3) is 0.105. The molecule has 6 nitrogen and oxygen atoms in total. The van der Waals surface area contributed by atoms with Crippen molar-refractivity contribution in [2.45, 2.75) is 6.18 Å². The highest BCUT2D eigenvalue weighted by molar-refractivity contribution is 6.07. The monoisotopic (exact) mass is 385 g/mol. The Morgan fingerprint density at radius 2 is 1.86 bits per heavy atom. The third kappa shape index (κ3) is 3.00. The van der Waals surface area contributed by atoms with Crippen LogP contribution in [0.3, 0.4) is 0 Å². The Morgan fingerprint density at radius 3 is 2.57 bits per heavy atom. The van der Waals surface area contributed by atoms with Gasteiger partial charge in [0, 0.05) is 18.0 Å². The standard InChI is InChI=1S/C19H14F3N5O/c1-27-14(10-23-17(27)11-6-3-2-4-7-11)18(28)24-16-12-8-5-9-13(19(20,21)22)15(12)25-26-16/h2-10H,1H3,(H2,24,25,26,28). The summed E-state index contributed by atoms with van der Waals surface area (Å²) in [5.74, 6) is 0.0912. The smallest absolute Gasteiger partial charge is 0.323 e. The van der Waals surface area contributed by atoms with Crippen LogP contribution in [0.15, 0.2) is 54.7 Å². The van der Waals surface area contributed by atoms with Gasteiger partial charge < -0.3 is 9.88 Å². The van der Waals surface area contributed by atoms with E-state index >= 15 is 0 Å². The molecule has 2 heterocycles. The number of para-hydroxylation sites is 1. The minimum atomic E-state index is -4.53. The van der Waals surface area contributed by atoms with Crippen molar-refractivity contribution >= 4 is 22.6 Å². The van der Waals surface area contributed by atoms with E-state index in [4.69, 9.17) is 0 Å². The van der Waals surface area contributed by atoms with Crippen molar-refractivity contribution in [1.82, 2.24) is 19.7 Å². The molecule has 28 heavy (non-hydrogen) atoms. The first-order valence-electron chi connectivity index (χ1n) is 8.29. The van der Waals surface area contributed by atoms with Crippen LogP contribution in [-0.2, 0) is 13.2 Å². The number of nitrogens with one attached hydrogen (secondary N) is 2. The normalized spacial score (nSPS) is 11.7. The number of fused-ring (bicyclic) bond motifs is 1. The van der Waals surface area contributed by atoms with Gasteiger partial charge in [-0.25, -0.2) is 4.98 Å². The zero-order valence-corrected chi connectivity index (χ0v) is 14.6. The molecule has 4 rings (SSSR count). The van der Waals surface area contributed by atoms with Crippen molar-refractivity contribution in [2.75, 3.05) is 5.32 Å². The van der Waals surface area contributed by atoms with Crippen LogP contribution in [0.1, 0.15) is 16.1 Å². The first-order valence-corrected chi connectivity index (χ1v) is 8.29. The molecule has 142 valence electrons. The number of imidazole rings is 1. The Balaban J connectivity index is 1.66. The topological polar surface area (TPSA) is 75.6 Å². The van der Waals surface area contributed by atoms with Crippen LogP contribution in [0.25, 0.3) is 22.3 Å². The maximum Gasteiger partial charge on any atom is 0.418 e. The first-order chi connectivity index (χ1) is 13.4. The van der Waals surface area contributed by atoms with E-state index in [1.165, 1.54) is 18.3 Å². The number of aromatic nitrogens is 4. The molecule has 1 amide bonds. The molecule has 0 aliphatic rings. The second-order valence-corrected chi connectivity index (χ2v) is 6.14. The molecule has 0 spiro atoms. The summed E-state index contributed by atoms with van der Waals surface area (Å²) in [6.45, 7) is 0. The summed E-state index contributed by atoms with van der Waals surface area (Å²) in [7, 11) is 1.69. The van der Waals surface area contributed by atoms with E-state index in [-0.39, 0.29) is 22.4 Å². The van der Waals surface area contributed by atoms with Crippen LogP contribution in [0.2, 0.25) is 0 Å². The lowest BCUT2D eigenvalue weighted by atomic mass is 10.1. The minimum absolute atomic E-state index is 0.0218. The van der Waals surface area contributed by atoms with E-state index in [2.05, 4.69) is 20.5 Å². The predicted octanol–water partition coefficient (Wildman–Crippen LogP) is 4.23. The lowest BCUT2D eigenvalue weighted by Gasteiger charge is -2.08. The minimum Gasteiger partial charge on any atom is -0.323 e. The average Bonchev–Trinajstić information content (AvgIpc) is 3.25. The molecule has 0 bridgehead atoms. The number of hydrogen-bond donors (Lipinski definition) is 2. The molecule has 0 saturated heterocycles.